The molecule has 1 aliphatic heterocycles. The van der Waals surface area contributed by atoms with Gasteiger partial charge in [-0.05, 0) is 41.8 Å². The predicted molar refractivity (Wildman–Crippen MR) is 117 cm³/mol. The SMILES string of the molecule is CC(C)C(NC(=O)OCC(C)(C)C)C(=O)NC1CCc2cc(ns2)CCNC(=O)C1=O. The second kappa shape index (κ2) is 10.7. The van der Waals surface area contributed by atoms with Crippen molar-refractivity contribution in [3.05, 3.63) is 16.6 Å². The highest BCUT2D eigenvalue weighted by Gasteiger charge is 2.32. The first kappa shape index (κ1) is 24.8. The molecular weight excluding hydrogens is 420 g/mol. The van der Waals surface area contributed by atoms with Gasteiger partial charge in [-0.2, -0.15) is 4.37 Å². The molecule has 31 heavy (non-hydrogen) atoms. The van der Waals surface area contributed by atoms with Crippen LogP contribution < -0.4 is 16.0 Å². The number of hydrogen-bond donors (Lipinski definition) is 3. The topological polar surface area (TPSA) is 126 Å². The van der Waals surface area contributed by atoms with E-state index < -0.39 is 35.8 Å². The van der Waals surface area contributed by atoms with Gasteiger partial charge in [-0.3, -0.25) is 14.4 Å². The largest absolute Gasteiger partial charge is 0.449 e. The molecule has 172 valence electrons. The zero-order chi connectivity index (χ0) is 23.2. The van der Waals surface area contributed by atoms with Crippen molar-refractivity contribution >= 4 is 35.2 Å². The normalized spacial score (nSPS) is 18.6. The van der Waals surface area contributed by atoms with E-state index in [9.17, 15) is 19.2 Å². The van der Waals surface area contributed by atoms with Gasteiger partial charge in [-0.1, -0.05) is 34.6 Å². The number of carbonyl (C=O) groups excluding carboxylic acids is 4. The highest BCUT2D eigenvalue weighted by Crippen LogP contribution is 2.16. The van der Waals surface area contributed by atoms with Crippen LogP contribution in [0.4, 0.5) is 4.79 Å². The van der Waals surface area contributed by atoms with Gasteiger partial charge < -0.3 is 20.7 Å². The molecular formula is C21H32N4O5S. The smallest absolute Gasteiger partial charge is 0.407 e. The molecule has 2 rings (SSSR count). The van der Waals surface area contributed by atoms with Crippen LogP contribution >= 0.6 is 11.5 Å². The van der Waals surface area contributed by atoms with Crippen molar-refractivity contribution in [2.75, 3.05) is 13.2 Å². The van der Waals surface area contributed by atoms with Crippen LogP contribution in [0.3, 0.4) is 0 Å². The number of nitrogens with one attached hydrogen (secondary N) is 3. The fourth-order valence-electron chi connectivity index (χ4n) is 2.94. The number of carbonyl (C=O) groups is 4. The van der Waals surface area contributed by atoms with Crippen molar-refractivity contribution in [2.45, 2.75) is 66.0 Å². The quantitative estimate of drug-likeness (QED) is 0.583. The van der Waals surface area contributed by atoms with Crippen molar-refractivity contribution < 1.29 is 23.9 Å². The van der Waals surface area contributed by atoms with Crippen LogP contribution in [0.15, 0.2) is 6.07 Å². The fourth-order valence-corrected chi connectivity index (χ4v) is 3.72. The lowest BCUT2D eigenvalue weighted by Gasteiger charge is -2.25. The number of nitrogens with zero attached hydrogens (tertiary/aromatic N) is 1. The Kier molecular flexibility index (Phi) is 8.55. The maximum atomic E-state index is 12.9. The number of aromatic nitrogens is 1. The highest BCUT2D eigenvalue weighted by molar-refractivity contribution is 7.05. The molecule has 10 heteroatoms. The minimum absolute atomic E-state index is 0.198. The van der Waals surface area contributed by atoms with Crippen molar-refractivity contribution in [1.29, 1.82) is 0 Å². The zero-order valence-corrected chi connectivity index (χ0v) is 19.6. The Morgan fingerprint density at radius 2 is 2.00 bits per heavy atom. The zero-order valence-electron chi connectivity index (χ0n) is 18.7. The molecule has 9 nitrogen and oxygen atoms in total. The lowest BCUT2D eigenvalue weighted by atomic mass is 9.99. The van der Waals surface area contributed by atoms with Gasteiger partial charge in [0.05, 0.1) is 18.3 Å². The minimum Gasteiger partial charge on any atom is -0.449 e. The summed E-state index contributed by atoms with van der Waals surface area (Å²) >= 11 is 1.35. The molecule has 2 bridgehead atoms. The summed E-state index contributed by atoms with van der Waals surface area (Å²) in [5.74, 6) is -2.22. The van der Waals surface area contributed by atoms with E-state index in [1.807, 2.05) is 26.8 Å². The Bertz CT molecular complexity index is 815. The minimum atomic E-state index is -0.996. The molecule has 2 atom stereocenters. The van der Waals surface area contributed by atoms with Crippen molar-refractivity contribution in [1.82, 2.24) is 20.3 Å². The Morgan fingerprint density at radius 1 is 1.29 bits per heavy atom. The first-order valence-corrected chi connectivity index (χ1v) is 11.2. The lowest BCUT2D eigenvalue weighted by molar-refractivity contribution is -0.140. The molecule has 0 radical (unpaired) electrons. The maximum absolute atomic E-state index is 12.9. The van der Waals surface area contributed by atoms with Crippen LogP contribution in [0, 0.1) is 11.3 Å². The number of ketones is 1. The summed E-state index contributed by atoms with van der Waals surface area (Å²) in [7, 11) is 0. The third-order valence-electron chi connectivity index (χ3n) is 4.67. The van der Waals surface area contributed by atoms with Crippen LogP contribution in [0.25, 0.3) is 0 Å². The standard InChI is InChI=1S/C21H32N4O5S/c1-12(2)16(24-20(29)30-11-21(3,4)5)18(27)23-15-7-6-14-10-13(25-31-14)8-9-22-19(28)17(15)26/h10,12,15-16H,6-9,11H2,1-5H3,(H,22,28)(H,23,27)(H,24,29). The van der Waals surface area contributed by atoms with E-state index in [1.165, 1.54) is 11.5 Å². The second-order valence-electron chi connectivity index (χ2n) is 9.26. The lowest BCUT2D eigenvalue weighted by Crippen LogP contribution is -2.55. The van der Waals surface area contributed by atoms with E-state index in [0.717, 1.165) is 10.6 Å². The Balaban J connectivity index is 2.07. The fraction of sp³-hybridized carbons (Fsp3) is 0.667. The third-order valence-corrected chi connectivity index (χ3v) is 5.55. The summed E-state index contributed by atoms with van der Waals surface area (Å²) in [6.45, 7) is 9.83. The molecule has 3 N–H and O–H groups in total. The number of hydrogen-bond acceptors (Lipinski definition) is 7. The molecule has 0 fully saturated rings. The molecule has 0 spiro atoms. The van der Waals surface area contributed by atoms with Gasteiger partial charge in [0.25, 0.3) is 5.91 Å². The van der Waals surface area contributed by atoms with Gasteiger partial charge in [-0.15, -0.1) is 0 Å². The first-order chi connectivity index (χ1) is 14.5. The van der Waals surface area contributed by atoms with Crippen LogP contribution in [0.5, 0.6) is 0 Å². The van der Waals surface area contributed by atoms with E-state index in [4.69, 9.17) is 4.74 Å². The van der Waals surface area contributed by atoms with Crippen LogP contribution in [-0.4, -0.2) is 53.3 Å². The third kappa shape index (κ3) is 7.93. The van der Waals surface area contributed by atoms with E-state index in [0.29, 0.717) is 19.4 Å². The van der Waals surface area contributed by atoms with Crippen LogP contribution in [0.2, 0.25) is 0 Å². The summed E-state index contributed by atoms with van der Waals surface area (Å²) in [6.07, 6.45) is 0.615. The summed E-state index contributed by atoms with van der Waals surface area (Å²) < 4.78 is 9.53. The van der Waals surface area contributed by atoms with E-state index in [-0.39, 0.29) is 24.4 Å². The monoisotopic (exact) mass is 452 g/mol. The number of Topliss-reactive ketones (excluding diaryl/α,β-unsaturated/α-hetero) is 1. The molecule has 2 unspecified atom stereocenters. The Labute approximate surface area is 186 Å². The van der Waals surface area contributed by atoms with Gasteiger partial charge in [0.15, 0.2) is 0 Å². The molecule has 0 aromatic carbocycles. The van der Waals surface area contributed by atoms with E-state index in [2.05, 4.69) is 20.3 Å². The van der Waals surface area contributed by atoms with Crippen LogP contribution in [0.1, 0.15) is 51.6 Å². The van der Waals surface area contributed by atoms with Crippen molar-refractivity contribution in [3.63, 3.8) is 0 Å². The van der Waals surface area contributed by atoms with Crippen molar-refractivity contribution in [2.24, 2.45) is 11.3 Å². The van der Waals surface area contributed by atoms with Gasteiger partial charge in [0, 0.05) is 17.8 Å². The summed E-state index contributed by atoms with van der Waals surface area (Å²) in [4.78, 5) is 50.9. The molecule has 1 aromatic rings. The van der Waals surface area contributed by atoms with Gasteiger partial charge in [-0.25, -0.2) is 4.79 Å². The number of alkyl carbamates (subject to hydrolysis) is 1. The maximum Gasteiger partial charge on any atom is 0.407 e. The van der Waals surface area contributed by atoms with Crippen LogP contribution in [-0.2, 0) is 32.0 Å². The average molecular weight is 453 g/mol. The summed E-state index contributed by atoms with van der Waals surface area (Å²) in [6, 6.07) is 0.0520. The molecule has 3 amide bonds. The highest BCUT2D eigenvalue weighted by atomic mass is 32.1. The molecule has 0 saturated heterocycles. The van der Waals surface area contributed by atoms with E-state index in [1.54, 1.807) is 13.8 Å². The van der Waals surface area contributed by atoms with Gasteiger partial charge in [0.2, 0.25) is 11.7 Å². The van der Waals surface area contributed by atoms with Gasteiger partial charge >= 0.3 is 6.09 Å². The molecule has 2 heterocycles. The molecule has 1 aliphatic rings. The van der Waals surface area contributed by atoms with E-state index >= 15 is 0 Å². The molecule has 1 aromatic heterocycles. The molecule has 0 saturated carbocycles. The van der Waals surface area contributed by atoms with Gasteiger partial charge in [0.1, 0.15) is 6.04 Å². The van der Waals surface area contributed by atoms with Crippen molar-refractivity contribution in [3.8, 4) is 0 Å². The Hall–Kier alpha value is -2.49. The number of rotatable bonds is 5. The second-order valence-corrected chi connectivity index (χ2v) is 10.1. The first-order valence-electron chi connectivity index (χ1n) is 10.5. The summed E-state index contributed by atoms with van der Waals surface area (Å²) in [5, 5.41) is 7.81. The number of aryl methyl sites for hydroxylation is 1. The number of fused-ring (bicyclic) bond motifs is 2. The number of amides is 3. The molecule has 0 aliphatic carbocycles. The number of ether oxygens (including phenoxy) is 1. The predicted octanol–water partition coefficient (Wildman–Crippen LogP) is 1.60. The summed E-state index contributed by atoms with van der Waals surface area (Å²) in [5.41, 5.74) is 0.658. The average Bonchev–Trinajstić information content (AvgIpc) is 3.12. The Morgan fingerprint density at radius 3 is 2.65 bits per heavy atom.